The first-order chi connectivity index (χ1) is 9.86. The number of hydrogen-bond acceptors (Lipinski definition) is 2. The predicted molar refractivity (Wildman–Crippen MR) is 87.6 cm³/mol. The summed E-state index contributed by atoms with van der Waals surface area (Å²) < 4.78 is 3.16. The topological polar surface area (TPSA) is 28.5 Å². The number of aromatic nitrogens is 1. The number of piperazine rings is 1. The molecule has 116 valence electrons. The summed E-state index contributed by atoms with van der Waals surface area (Å²) in [6.07, 6.45) is 4.44. The highest BCUT2D eigenvalue weighted by molar-refractivity contribution is 9.10. The lowest BCUT2D eigenvalue weighted by Crippen LogP contribution is -2.54. The van der Waals surface area contributed by atoms with Gasteiger partial charge in [0.05, 0.1) is 0 Å². The van der Waals surface area contributed by atoms with E-state index in [9.17, 15) is 4.79 Å². The van der Waals surface area contributed by atoms with Crippen molar-refractivity contribution in [3.63, 3.8) is 0 Å². The zero-order valence-corrected chi connectivity index (χ0v) is 14.7. The Kier molecular flexibility index (Phi) is 3.91. The highest BCUT2D eigenvalue weighted by atomic mass is 79.9. The van der Waals surface area contributed by atoms with Gasteiger partial charge in [-0.25, -0.2) is 0 Å². The van der Waals surface area contributed by atoms with Crippen LogP contribution in [0.1, 0.15) is 50.1 Å². The van der Waals surface area contributed by atoms with E-state index in [1.807, 2.05) is 11.0 Å². The van der Waals surface area contributed by atoms with Crippen molar-refractivity contribution in [3.05, 3.63) is 22.4 Å². The zero-order valence-electron chi connectivity index (χ0n) is 13.1. The van der Waals surface area contributed by atoms with Gasteiger partial charge in [0.25, 0.3) is 5.91 Å². The quantitative estimate of drug-likeness (QED) is 0.816. The third-order valence-electron chi connectivity index (χ3n) is 4.49. The fraction of sp³-hybridized carbons (Fsp3) is 0.688. The molecule has 0 N–H and O–H groups in total. The number of rotatable bonds is 2. The van der Waals surface area contributed by atoms with Crippen molar-refractivity contribution in [1.29, 1.82) is 0 Å². The molecule has 0 aromatic carbocycles. The molecule has 0 radical (unpaired) electrons. The number of hydrogen-bond donors (Lipinski definition) is 0. The lowest BCUT2D eigenvalue weighted by molar-refractivity contribution is 0.0443. The molecular weight excluding hydrogens is 330 g/mol. The van der Waals surface area contributed by atoms with Crippen molar-refractivity contribution in [1.82, 2.24) is 14.4 Å². The van der Waals surface area contributed by atoms with Crippen molar-refractivity contribution in [3.8, 4) is 0 Å². The third-order valence-corrected chi connectivity index (χ3v) is 4.92. The maximum Gasteiger partial charge on any atom is 0.270 e. The van der Waals surface area contributed by atoms with Gasteiger partial charge in [-0.15, -0.1) is 0 Å². The highest BCUT2D eigenvalue weighted by Gasteiger charge is 2.32. The Balaban J connectivity index is 1.70. The second-order valence-corrected chi connectivity index (χ2v) is 8.05. The van der Waals surface area contributed by atoms with Gasteiger partial charge in [-0.05, 0) is 55.6 Å². The Morgan fingerprint density at radius 2 is 1.81 bits per heavy atom. The van der Waals surface area contributed by atoms with Crippen molar-refractivity contribution < 1.29 is 4.79 Å². The van der Waals surface area contributed by atoms with Gasteiger partial charge in [-0.1, -0.05) is 0 Å². The first-order valence-corrected chi connectivity index (χ1v) is 8.57. The fourth-order valence-electron chi connectivity index (χ4n) is 3.01. The Bertz CT molecular complexity index is 534. The number of carbonyl (C=O) groups excluding carboxylic acids is 1. The molecule has 2 fully saturated rings. The van der Waals surface area contributed by atoms with E-state index in [2.05, 4.69) is 52.4 Å². The average molecular weight is 354 g/mol. The summed E-state index contributed by atoms with van der Waals surface area (Å²) in [5, 5.41) is 0. The molecule has 1 saturated heterocycles. The van der Waals surface area contributed by atoms with Crippen molar-refractivity contribution >= 4 is 21.8 Å². The minimum atomic E-state index is 0.182. The smallest absolute Gasteiger partial charge is 0.270 e. The van der Waals surface area contributed by atoms with E-state index in [0.29, 0.717) is 6.04 Å². The molecule has 1 aromatic heterocycles. The maximum absolute atomic E-state index is 12.8. The lowest BCUT2D eigenvalue weighted by atomic mass is 10.0. The number of nitrogens with zero attached hydrogens (tertiary/aromatic N) is 3. The molecule has 3 rings (SSSR count). The fourth-order valence-corrected chi connectivity index (χ4v) is 3.45. The minimum absolute atomic E-state index is 0.182. The van der Waals surface area contributed by atoms with Crippen molar-refractivity contribution in [2.45, 2.75) is 45.2 Å². The Hall–Kier alpha value is -0.810. The molecule has 1 saturated carbocycles. The summed E-state index contributed by atoms with van der Waals surface area (Å²) in [4.78, 5) is 17.2. The second kappa shape index (κ2) is 5.43. The molecule has 21 heavy (non-hydrogen) atoms. The normalized spacial score (nSPS) is 20.9. The van der Waals surface area contributed by atoms with E-state index in [0.717, 1.165) is 36.3 Å². The van der Waals surface area contributed by atoms with Crippen LogP contribution in [0.15, 0.2) is 16.7 Å². The van der Waals surface area contributed by atoms with Crippen LogP contribution in [0.4, 0.5) is 0 Å². The van der Waals surface area contributed by atoms with Crippen LogP contribution in [-0.4, -0.2) is 52.0 Å². The van der Waals surface area contributed by atoms with Gasteiger partial charge in [0.2, 0.25) is 0 Å². The average Bonchev–Trinajstić information content (AvgIpc) is 3.20. The van der Waals surface area contributed by atoms with Crippen LogP contribution in [0, 0.1) is 0 Å². The molecule has 0 atom stereocenters. The standard InChI is InChI=1S/C16H24BrN3O/c1-16(2,3)19-8-6-18(7-9-19)15(21)14-10-12(17)11-20(14)13-4-5-13/h10-11,13H,4-9H2,1-3H3. The molecule has 1 aliphatic heterocycles. The highest BCUT2D eigenvalue weighted by Crippen LogP contribution is 2.37. The third kappa shape index (κ3) is 3.19. The molecule has 1 aliphatic carbocycles. The number of carbonyl (C=O) groups is 1. The predicted octanol–water partition coefficient (Wildman–Crippen LogP) is 3.14. The van der Waals surface area contributed by atoms with Gasteiger partial charge in [0.1, 0.15) is 5.69 Å². The molecular formula is C16H24BrN3O. The maximum atomic E-state index is 12.8. The largest absolute Gasteiger partial charge is 0.339 e. The van der Waals surface area contributed by atoms with E-state index in [1.165, 1.54) is 12.8 Å². The molecule has 5 heteroatoms. The molecule has 1 aromatic rings. The van der Waals surface area contributed by atoms with Crippen molar-refractivity contribution in [2.75, 3.05) is 26.2 Å². The molecule has 0 spiro atoms. The van der Waals surface area contributed by atoms with E-state index in [1.54, 1.807) is 0 Å². The van der Waals surface area contributed by atoms with Crippen LogP contribution >= 0.6 is 15.9 Å². The first kappa shape index (κ1) is 15.1. The van der Waals surface area contributed by atoms with Gasteiger partial charge in [0.15, 0.2) is 0 Å². The molecule has 2 heterocycles. The van der Waals surface area contributed by atoms with Gasteiger partial charge in [-0.3, -0.25) is 9.69 Å². The van der Waals surface area contributed by atoms with Gasteiger partial charge >= 0.3 is 0 Å². The summed E-state index contributed by atoms with van der Waals surface area (Å²) in [5.74, 6) is 0.182. The molecule has 1 amide bonds. The van der Waals surface area contributed by atoms with Gasteiger partial charge < -0.3 is 9.47 Å². The lowest BCUT2D eigenvalue weighted by Gasteiger charge is -2.42. The van der Waals surface area contributed by atoms with Crippen LogP contribution < -0.4 is 0 Å². The Labute approximate surface area is 135 Å². The van der Waals surface area contributed by atoms with Crippen LogP contribution in [0.2, 0.25) is 0 Å². The summed E-state index contributed by atoms with van der Waals surface area (Å²) in [7, 11) is 0. The van der Waals surface area contributed by atoms with E-state index >= 15 is 0 Å². The second-order valence-electron chi connectivity index (χ2n) is 7.13. The van der Waals surface area contributed by atoms with E-state index in [4.69, 9.17) is 0 Å². The summed E-state index contributed by atoms with van der Waals surface area (Å²) in [6, 6.07) is 2.50. The van der Waals surface area contributed by atoms with Crippen LogP contribution in [0.3, 0.4) is 0 Å². The Morgan fingerprint density at radius 1 is 1.19 bits per heavy atom. The zero-order chi connectivity index (χ0) is 15.2. The van der Waals surface area contributed by atoms with E-state index in [-0.39, 0.29) is 11.4 Å². The SMILES string of the molecule is CC(C)(C)N1CCN(C(=O)c2cc(Br)cn2C2CC2)CC1. The molecule has 0 unspecified atom stereocenters. The monoisotopic (exact) mass is 353 g/mol. The summed E-state index contributed by atoms with van der Waals surface area (Å²) >= 11 is 3.51. The molecule has 2 aliphatic rings. The molecule has 4 nitrogen and oxygen atoms in total. The van der Waals surface area contributed by atoms with Gasteiger partial charge in [0, 0.05) is 48.4 Å². The van der Waals surface area contributed by atoms with Crippen LogP contribution in [-0.2, 0) is 0 Å². The number of halogens is 1. The summed E-state index contributed by atoms with van der Waals surface area (Å²) in [5.41, 5.74) is 1.03. The number of amides is 1. The minimum Gasteiger partial charge on any atom is -0.339 e. The first-order valence-electron chi connectivity index (χ1n) is 7.78. The Morgan fingerprint density at radius 3 is 2.33 bits per heavy atom. The van der Waals surface area contributed by atoms with Gasteiger partial charge in [-0.2, -0.15) is 0 Å². The molecule has 0 bridgehead atoms. The van der Waals surface area contributed by atoms with E-state index < -0.39 is 0 Å². The van der Waals surface area contributed by atoms with Crippen LogP contribution in [0.5, 0.6) is 0 Å². The summed E-state index contributed by atoms with van der Waals surface area (Å²) in [6.45, 7) is 10.3. The van der Waals surface area contributed by atoms with Crippen LogP contribution in [0.25, 0.3) is 0 Å². The van der Waals surface area contributed by atoms with Crippen molar-refractivity contribution in [2.24, 2.45) is 0 Å².